The van der Waals surface area contributed by atoms with Crippen molar-refractivity contribution >= 4 is 74.3 Å². The lowest BCUT2D eigenvalue weighted by Gasteiger charge is -2.48. The summed E-state index contributed by atoms with van der Waals surface area (Å²) >= 11 is 0. The zero-order valence-electron chi connectivity index (χ0n) is 43.7. The first-order valence-corrected chi connectivity index (χ1v) is 31.4. The Morgan fingerprint density at radius 2 is 0.821 bits per heavy atom. The number of aromatic nitrogens is 1. The van der Waals surface area contributed by atoms with Gasteiger partial charge in [0.25, 0.3) is 0 Å². The molecule has 0 saturated heterocycles. The quantitative estimate of drug-likeness (QED) is 0.0653. The van der Waals surface area contributed by atoms with Gasteiger partial charge in [-0.2, -0.15) is 0 Å². The van der Waals surface area contributed by atoms with E-state index < -0.39 is 16.1 Å². The molecule has 0 aliphatic heterocycles. The highest BCUT2D eigenvalue weighted by atomic mass is 28.3. The first-order valence-electron chi connectivity index (χ1n) is 27.4. The maximum atomic E-state index is 4.56. The number of hydrogen-bond acceptors (Lipinski definition) is 0. The molecule has 0 radical (unpaired) electrons. The van der Waals surface area contributed by atoms with Crippen LogP contribution in [-0.4, -0.2) is 20.7 Å². The maximum absolute atomic E-state index is 4.56. The van der Waals surface area contributed by atoms with E-state index in [1.54, 1.807) is 0 Å². The summed E-state index contributed by atoms with van der Waals surface area (Å²) in [6.45, 7) is 7.00. The van der Waals surface area contributed by atoms with Crippen LogP contribution < -0.4 is 36.3 Å². The van der Waals surface area contributed by atoms with Gasteiger partial charge in [-0.1, -0.05) is 297 Å². The second-order valence-corrected chi connectivity index (χ2v) is 28.6. The van der Waals surface area contributed by atoms with Gasteiger partial charge in [0.1, 0.15) is 0 Å². The molecule has 0 saturated carbocycles. The van der Waals surface area contributed by atoms with Gasteiger partial charge in [0.2, 0.25) is 0 Å². The van der Waals surface area contributed by atoms with Crippen molar-refractivity contribution in [3.8, 4) is 16.8 Å². The van der Waals surface area contributed by atoms with Gasteiger partial charge in [-0.05, 0) is 106 Å². The van der Waals surface area contributed by atoms with Crippen LogP contribution in [0.1, 0.15) is 41.0 Å². The highest BCUT2D eigenvalue weighted by molar-refractivity contribution is 7.20. The molecule has 0 fully saturated rings. The van der Waals surface area contributed by atoms with E-state index in [-0.39, 0.29) is 11.8 Å². The number of rotatable bonds is 12. The average molecular weight is 1030 g/mol. The van der Waals surface area contributed by atoms with Gasteiger partial charge in [-0.15, -0.1) is 0 Å². The molecule has 2 unspecified atom stereocenters. The van der Waals surface area contributed by atoms with Gasteiger partial charge < -0.3 is 4.57 Å². The first-order chi connectivity index (χ1) is 38.6. The number of hydrogen-bond donors (Lipinski definition) is 0. The Hall–Kier alpha value is -9.13. The zero-order valence-corrected chi connectivity index (χ0v) is 45.7. The minimum absolute atomic E-state index is 0.0426. The third-order valence-corrected chi connectivity index (χ3v) is 26.9. The standard InChI is InChI=1S/C75H57NSi2/c1-3-27-71(78(59-36-18-8-19-37-59,60-38-20-9-21-39-60)61-48-46-55(47-49-61)54-28-10-4-11-29-54)73-53(2)72-65-41-22-23-42-66(65)75(73)74-67(72)43-26-45-69(74)76-68-44-25-24-40-63(68)64-51-50-62(52-70(64)76)77(56-30-12-5-13-31-56,57-32-14-6-15-33-57)58-34-16-7-17-35-58/h3-52,72,75H,1H2,2H3/b71-27+. The summed E-state index contributed by atoms with van der Waals surface area (Å²) in [7, 11) is -6.07. The Bertz CT molecular complexity index is 4120. The van der Waals surface area contributed by atoms with Gasteiger partial charge in [0.05, 0.1) is 16.7 Å². The van der Waals surface area contributed by atoms with Crippen LogP contribution in [0.3, 0.4) is 0 Å². The van der Waals surface area contributed by atoms with Crippen LogP contribution in [0.5, 0.6) is 0 Å². The first kappa shape index (κ1) is 47.3. The van der Waals surface area contributed by atoms with E-state index in [2.05, 4.69) is 321 Å². The molecule has 1 heterocycles. The highest BCUT2D eigenvalue weighted by Gasteiger charge is 2.51. The average Bonchev–Trinajstić information content (AvgIpc) is 3.82. The summed E-state index contributed by atoms with van der Waals surface area (Å²) in [6.07, 6.45) is 4.48. The molecule has 3 aliphatic rings. The summed E-state index contributed by atoms with van der Waals surface area (Å²) in [4.78, 5) is 0. The van der Waals surface area contributed by atoms with Crippen LogP contribution in [0, 0.1) is 0 Å². The monoisotopic (exact) mass is 1030 g/mol. The van der Waals surface area contributed by atoms with E-state index >= 15 is 0 Å². The molecule has 78 heavy (non-hydrogen) atoms. The van der Waals surface area contributed by atoms with Crippen LogP contribution in [-0.2, 0) is 0 Å². The Labute approximate surface area is 460 Å². The van der Waals surface area contributed by atoms with Gasteiger partial charge in [-0.25, -0.2) is 0 Å². The third kappa shape index (κ3) is 7.19. The molecule has 3 aliphatic carbocycles. The van der Waals surface area contributed by atoms with E-state index in [1.807, 2.05) is 0 Å². The van der Waals surface area contributed by atoms with E-state index in [4.69, 9.17) is 0 Å². The second-order valence-electron chi connectivity index (χ2n) is 21.0. The summed E-state index contributed by atoms with van der Waals surface area (Å²) in [5, 5.41) is 13.4. The van der Waals surface area contributed by atoms with Crippen molar-refractivity contribution in [1.29, 1.82) is 0 Å². The molecule has 2 bridgehead atoms. The van der Waals surface area contributed by atoms with Crippen molar-refractivity contribution < 1.29 is 0 Å². The van der Waals surface area contributed by atoms with Crippen molar-refractivity contribution in [2.45, 2.75) is 18.8 Å². The molecular formula is C75H57NSi2. The molecule has 2 atom stereocenters. The van der Waals surface area contributed by atoms with Crippen LogP contribution >= 0.6 is 0 Å². The lowest BCUT2D eigenvalue weighted by molar-refractivity contribution is 0.734. The topological polar surface area (TPSA) is 4.93 Å². The lowest BCUT2D eigenvalue weighted by Crippen LogP contribution is -2.74. The number of para-hydroxylation sites is 1. The molecule has 12 aromatic rings. The Morgan fingerprint density at radius 1 is 0.385 bits per heavy atom. The third-order valence-electron chi connectivity index (χ3n) is 17.3. The molecule has 15 rings (SSSR count). The molecule has 0 amide bonds. The van der Waals surface area contributed by atoms with Gasteiger partial charge >= 0.3 is 0 Å². The molecule has 1 nitrogen and oxygen atoms in total. The van der Waals surface area contributed by atoms with Crippen LogP contribution in [0.4, 0.5) is 0 Å². The summed E-state index contributed by atoms with van der Waals surface area (Å²) < 4.78 is 2.64. The lowest BCUT2D eigenvalue weighted by atomic mass is 9.60. The fourth-order valence-corrected chi connectivity index (χ4v) is 24.0. The van der Waals surface area contributed by atoms with Crippen molar-refractivity contribution in [3.63, 3.8) is 0 Å². The van der Waals surface area contributed by atoms with Crippen molar-refractivity contribution in [1.82, 2.24) is 4.57 Å². The summed E-state index contributed by atoms with van der Waals surface area (Å²) in [5.41, 5.74) is 14.5. The normalized spacial score (nSPS) is 15.1. The van der Waals surface area contributed by atoms with E-state index in [9.17, 15) is 0 Å². The number of allylic oxidation sites excluding steroid dienone is 5. The smallest absolute Gasteiger partial charge is 0.179 e. The predicted octanol–water partition coefficient (Wildman–Crippen LogP) is 13.6. The summed E-state index contributed by atoms with van der Waals surface area (Å²) in [6, 6.07) is 110. The second kappa shape index (κ2) is 19.5. The zero-order chi connectivity index (χ0) is 52.2. The Morgan fingerprint density at radius 3 is 1.38 bits per heavy atom. The summed E-state index contributed by atoms with van der Waals surface area (Å²) in [5.74, 6) is -0.0432. The van der Waals surface area contributed by atoms with E-state index in [1.165, 1.54) is 114 Å². The van der Waals surface area contributed by atoms with Crippen LogP contribution in [0.25, 0.3) is 38.6 Å². The molecule has 11 aromatic carbocycles. The minimum atomic E-state index is -3.17. The van der Waals surface area contributed by atoms with Gasteiger partial charge in [-0.3, -0.25) is 0 Å². The maximum Gasteiger partial charge on any atom is 0.179 e. The van der Waals surface area contributed by atoms with E-state index in [0.717, 1.165) is 0 Å². The minimum Gasteiger partial charge on any atom is -0.309 e. The number of benzene rings is 11. The molecule has 370 valence electrons. The van der Waals surface area contributed by atoms with Crippen molar-refractivity contribution in [2.24, 2.45) is 0 Å². The largest absolute Gasteiger partial charge is 0.309 e. The fourth-order valence-electron chi connectivity index (χ4n) is 14.2. The molecule has 0 spiro atoms. The Balaban J connectivity index is 1.05. The highest BCUT2D eigenvalue weighted by Crippen LogP contribution is 2.59. The molecular weight excluding hydrogens is 971 g/mol. The van der Waals surface area contributed by atoms with Gasteiger partial charge in [0, 0.05) is 22.6 Å². The molecule has 3 heteroatoms. The fraction of sp³-hybridized carbons (Fsp3) is 0.0400. The predicted molar refractivity (Wildman–Crippen MR) is 335 cm³/mol. The van der Waals surface area contributed by atoms with Gasteiger partial charge in [0.15, 0.2) is 16.1 Å². The van der Waals surface area contributed by atoms with Crippen LogP contribution in [0.15, 0.2) is 326 Å². The SMILES string of the molecule is C=C/C=C(\C1=C(C)C2c3ccccc3C1c1c2cccc1-n1c2ccccc2c2ccc([Si](c3ccccc3)(c3ccccc3)c3ccccc3)cc21)[Si](c1ccccc1)(c1ccccc1)c1ccc(-c2ccccc2)cc1. The Kier molecular flexibility index (Phi) is 11.8. The van der Waals surface area contributed by atoms with E-state index in [0.29, 0.717) is 0 Å². The van der Waals surface area contributed by atoms with Crippen LogP contribution in [0.2, 0.25) is 0 Å². The van der Waals surface area contributed by atoms with Crippen molar-refractivity contribution in [2.75, 3.05) is 0 Å². The number of nitrogens with zero attached hydrogens (tertiary/aromatic N) is 1. The van der Waals surface area contributed by atoms with Crippen molar-refractivity contribution in [3.05, 3.63) is 349 Å². The number of fused-ring (bicyclic) bond motifs is 3. The molecule has 1 aromatic heterocycles. The molecule has 0 N–H and O–H groups in total.